The molecule has 38 heavy (non-hydrogen) atoms. The highest BCUT2D eigenvalue weighted by atomic mass is 32.1. The highest BCUT2D eigenvalue weighted by molar-refractivity contribution is 7.26. The summed E-state index contributed by atoms with van der Waals surface area (Å²) in [5.74, 6) is 0. The van der Waals surface area contributed by atoms with Gasteiger partial charge in [0.25, 0.3) is 0 Å². The van der Waals surface area contributed by atoms with Crippen molar-refractivity contribution in [3.8, 4) is 11.1 Å². The summed E-state index contributed by atoms with van der Waals surface area (Å²) in [6, 6.07) is 45.9. The Morgan fingerprint density at radius 3 is 1.89 bits per heavy atom. The summed E-state index contributed by atoms with van der Waals surface area (Å²) in [5, 5.41) is 2.66. The van der Waals surface area contributed by atoms with Crippen LogP contribution in [0.3, 0.4) is 0 Å². The average Bonchev–Trinajstić information content (AvgIpc) is 3.39. The van der Waals surface area contributed by atoms with Crippen molar-refractivity contribution in [3.05, 3.63) is 151 Å². The van der Waals surface area contributed by atoms with E-state index in [0.717, 1.165) is 12.8 Å². The van der Waals surface area contributed by atoms with E-state index in [9.17, 15) is 0 Å². The van der Waals surface area contributed by atoms with Gasteiger partial charge >= 0.3 is 0 Å². The Morgan fingerprint density at radius 2 is 1.16 bits per heavy atom. The lowest BCUT2D eigenvalue weighted by molar-refractivity contribution is 0.932. The van der Waals surface area contributed by atoms with E-state index in [1.54, 1.807) is 0 Å². The third-order valence-corrected chi connectivity index (χ3v) is 8.63. The third kappa shape index (κ3) is 4.13. The number of nitrogens with zero attached hydrogens (tertiary/aromatic N) is 1. The van der Waals surface area contributed by atoms with Gasteiger partial charge in [-0.2, -0.15) is 0 Å². The molecule has 1 aliphatic carbocycles. The first-order valence-corrected chi connectivity index (χ1v) is 14.0. The molecule has 0 amide bonds. The first-order chi connectivity index (χ1) is 18.8. The monoisotopic (exact) mass is 505 g/mol. The lowest BCUT2D eigenvalue weighted by Gasteiger charge is -2.30. The van der Waals surface area contributed by atoms with Gasteiger partial charge in [-0.1, -0.05) is 109 Å². The molecule has 1 aliphatic rings. The van der Waals surface area contributed by atoms with Gasteiger partial charge in [0, 0.05) is 26.9 Å². The van der Waals surface area contributed by atoms with Gasteiger partial charge in [0.05, 0.1) is 10.4 Å². The summed E-state index contributed by atoms with van der Waals surface area (Å²) in [4.78, 5) is 2.48. The van der Waals surface area contributed by atoms with E-state index in [0.29, 0.717) is 0 Å². The fourth-order valence-electron chi connectivity index (χ4n) is 5.51. The summed E-state index contributed by atoms with van der Waals surface area (Å²) in [7, 11) is 0. The normalized spacial score (nSPS) is 13.4. The molecule has 0 spiro atoms. The molecule has 0 bridgehead atoms. The minimum atomic E-state index is 0.989. The Hall–Kier alpha value is -4.40. The average molecular weight is 506 g/mol. The molecular weight excluding hydrogens is 478 g/mol. The zero-order valence-electron chi connectivity index (χ0n) is 21.0. The van der Waals surface area contributed by atoms with Crippen molar-refractivity contribution in [3.63, 3.8) is 0 Å². The fraction of sp³-hybridized carbons (Fsp3) is 0.0556. The molecule has 2 heteroatoms. The van der Waals surface area contributed by atoms with Crippen molar-refractivity contribution in [1.82, 2.24) is 0 Å². The van der Waals surface area contributed by atoms with Crippen LogP contribution in [-0.4, -0.2) is 0 Å². The van der Waals surface area contributed by atoms with Gasteiger partial charge in [-0.15, -0.1) is 11.3 Å². The Bertz CT molecular complexity index is 1790. The first-order valence-electron chi connectivity index (χ1n) is 13.2. The highest BCUT2D eigenvalue weighted by Gasteiger charge is 2.21. The number of rotatable bonds is 5. The minimum Gasteiger partial charge on any atom is -0.313 e. The van der Waals surface area contributed by atoms with Gasteiger partial charge in [0.2, 0.25) is 0 Å². The molecule has 0 atom stereocenters. The Morgan fingerprint density at radius 1 is 0.500 bits per heavy atom. The molecule has 1 aromatic heterocycles. The number of hydrogen-bond acceptors (Lipinski definition) is 2. The Labute approximate surface area is 227 Å². The lowest BCUT2D eigenvalue weighted by atomic mass is 9.95. The van der Waals surface area contributed by atoms with Crippen LogP contribution < -0.4 is 4.90 Å². The van der Waals surface area contributed by atoms with Crippen LogP contribution in [0.2, 0.25) is 0 Å². The summed E-state index contributed by atoms with van der Waals surface area (Å²) >= 11 is 1.89. The van der Waals surface area contributed by atoms with Crippen LogP contribution >= 0.6 is 11.3 Å². The van der Waals surface area contributed by atoms with Gasteiger partial charge in [-0.25, -0.2) is 0 Å². The molecule has 1 nitrogen and oxygen atoms in total. The second-order valence-electron chi connectivity index (χ2n) is 9.72. The van der Waals surface area contributed by atoms with Crippen molar-refractivity contribution in [2.75, 3.05) is 4.90 Å². The van der Waals surface area contributed by atoms with Crippen LogP contribution in [0.15, 0.2) is 145 Å². The van der Waals surface area contributed by atoms with Crippen molar-refractivity contribution < 1.29 is 0 Å². The minimum absolute atomic E-state index is 0.989. The van der Waals surface area contributed by atoms with Crippen molar-refractivity contribution in [2.24, 2.45) is 0 Å². The van der Waals surface area contributed by atoms with E-state index in [-0.39, 0.29) is 0 Å². The van der Waals surface area contributed by atoms with Crippen LogP contribution in [-0.2, 0) is 0 Å². The Kier molecular flexibility index (Phi) is 5.88. The van der Waals surface area contributed by atoms with Gasteiger partial charge < -0.3 is 4.90 Å². The molecule has 0 fully saturated rings. The van der Waals surface area contributed by atoms with Crippen LogP contribution in [0.1, 0.15) is 18.4 Å². The number of fused-ring (bicyclic) bond motifs is 3. The molecule has 0 radical (unpaired) electrons. The van der Waals surface area contributed by atoms with Crippen LogP contribution in [0.4, 0.5) is 11.4 Å². The molecule has 0 N–H and O–H groups in total. The van der Waals surface area contributed by atoms with E-state index in [1.807, 2.05) is 11.3 Å². The van der Waals surface area contributed by atoms with Crippen molar-refractivity contribution in [1.29, 1.82) is 0 Å². The molecule has 182 valence electrons. The Balaban J connectivity index is 1.37. The molecule has 0 saturated heterocycles. The summed E-state index contributed by atoms with van der Waals surface area (Å²) in [5.41, 5.74) is 8.95. The lowest BCUT2D eigenvalue weighted by Crippen LogP contribution is -2.18. The molecule has 1 heterocycles. The van der Waals surface area contributed by atoms with Crippen molar-refractivity contribution in [2.45, 2.75) is 12.8 Å². The second kappa shape index (κ2) is 9.81. The van der Waals surface area contributed by atoms with Crippen LogP contribution in [0, 0.1) is 0 Å². The summed E-state index contributed by atoms with van der Waals surface area (Å²) < 4.78 is 2.66. The van der Waals surface area contributed by atoms with Gasteiger partial charge in [0.1, 0.15) is 0 Å². The molecular formula is C36H27NS. The molecule has 0 unspecified atom stereocenters. The molecule has 6 aromatic rings. The largest absolute Gasteiger partial charge is 0.313 e. The van der Waals surface area contributed by atoms with Gasteiger partial charge in [-0.3, -0.25) is 0 Å². The number of thiophene rings is 1. The highest BCUT2D eigenvalue weighted by Crippen LogP contribution is 2.44. The fourth-order valence-corrected chi connectivity index (χ4v) is 6.71. The quantitative estimate of drug-likeness (QED) is 0.225. The van der Waals surface area contributed by atoms with Crippen LogP contribution in [0.5, 0.6) is 0 Å². The number of benzene rings is 5. The number of allylic oxidation sites excluding steroid dienone is 4. The summed E-state index contributed by atoms with van der Waals surface area (Å²) in [6.07, 6.45) is 6.65. The standard InChI is InChI=1S/C36H27NS/c1-3-10-26(11-4-1)28-18-22-30(23-19-28)37(31-24-20-29(21-25-31)27-12-5-2-6-13-27)34-16-9-15-33-32-14-7-8-17-35(32)38-36(33)34/h1-20,22-24H,21,25H2. The predicted molar refractivity (Wildman–Crippen MR) is 165 cm³/mol. The maximum atomic E-state index is 2.48. The van der Waals surface area contributed by atoms with E-state index in [4.69, 9.17) is 0 Å². The smallest absolute Gasteiger partial charge is 0.0637 e. The van der Waals surface area contributed by atoms with E-state index in [2.05, 4.69) is 144 Å². The van der Waals surface area contributed by atoms with Gasteiger partial charge in [0.15, 0.2) is 0 Å². The maximum absolute atomic E-state index is 2.48. The van der Waals surface area contributed by atoms with Crippen LogP contribution in [0.25, 0.3) is 36.9 Å². The van der Waals surface area contributed by atoms with Crippen molar-refractivity contribution >= 4 is 48.5 Å². The maximum Gasteiger partial charge on any atom is 0.0637 e. The third-order valence-electron chi connectivity index (χ3n) is 7.42. The zero-order chi connectivity index (χ0) is 25.3. The number of hydrogen-bond donors (Lipinski definition) is 0. The SMILES string of the molecule is C1=C(c2ccccc2)CCC(N(c2ccc(-c3ccccc3)cc2)c2cccc3c2sc2ccccc23)=C1. The summed E-state index contributed by atoms with van der Waals surface area (Å²) in [6.45, 7) is 0. The topological polar surface area (TPSA) is 3.24 Å². The van der Waals surface area contributed by atoms with E-state index in [1.165, 1.54) is 59.5 Å². The second-order valence-corrected chi connectivity index (χ2v) is 10.8. The van der Waals surface area contributed by atoms with E-state index < -0.39 is 0 Å². The predicted octanol–water partition coefficient (Wildman–Crippen LogP) is 10.6. The zero-order valence-corrected chi connectivity index (χ0v) is 21.9. The first kappa shape index (κ1) is 22.8. The number of anilines is 2. The molecule has 7 rings (SSSR count). The van der Waals surface area contributed by atoms with E-state index >= 15 is 0 Å². The molecule has 0 aliphatic heterocycles. The van der Waals surface area contributed by atoms with Gasteiger partial charge in [-0.05, 0) is 65.4 Å². The molecule has 5 aromatic carbocycles. The molecule has 0 saturated carbocycles.